The predicted molar refractivity (Wildman–Crippen MR) is 140 cm³/mol. The SMILES string of the molecule is Cc1oc(-c2ccccc2)nc1CCOc1ccc(CC(Nc2ccccc2I)C(=O)O)cc1. The number of aromatic nitrogens is 1. The van der Waals surface area contributed by atoms with Crippen LogP contribution in [0.1, 0.15) is 17.0 Å². The third-order valence-electron chi connectivity index (χ3n) is 5.39. The van der Waals surface area contributed by atoms with Crippen molar-refractivity contribution in [3.8, 4) is 17.2 Å². The molecular weight excluding hydrogens is 543 g/mol. The van der Waals surface area contributed by atoms with E-state index in [9.17, 15) is 9.90 Å². The van der Waals surface area contributed by atoms with Gasteiger partial charge in [-0.15, -0.1) is 0 Å². The first-order valence-corrected chi connectivity index (χ1v) is 12.0. The van der Waals surface area contributed by atoms with Crippen LogP contribution in [0.25, 0.3) is 11.5 Å². The molecule has 4 aromatic rings. The molecule has 0 bridgehead atoms. The molecule has 1 heterocycles. The van der Waals surface area contributed by atoms with Crippen LogP contribution in [0.2, 0.25) is 0 Å². The number of carboxylic acids is 1. The van der Waals surface area contributed by atoms with E-state index in [2.05, 4.69) is 32.9 Å². The summed E-state index contributed by atoms with van der Waals surface area (Å²) in [5.41, 5.74) is 3.55. The second kappa shape index (κ2) is 11.2. The van der Waals surface area contributed by atoms with Crippen molar-refractivity contribution in [2.24, 2.45) is 0 Å². The molecule has 0 spiro atoms. The van der Waals surface area contributed by atoms with Crippen LogP contribution >= 0.6 is 22.6 Å². The van der Waals surface area contributed by atoms with Crippen molar-refractivity contribution < 1.29 is 19.1 Å². The van der Waals surface area contributed by atoms with Gasteiger partial charge in [0.25, 0.3) is 0 Å². The van der Waals surface area contributed by atoms with Crippen LogP contribution in [0.15, 0.2) is 83.3 Å². The third kappa shape index (κ3) is 6.17. The Bertz CT molecular complexity index is 1240. The highest BCUT2D eigenvalue weighted by Gasteiger charge is 2.19. The van der Waals surface area contributed by atoms with Crippen molar-refractivity contribution in [1.29, 1.82) is 0 Å². The van der Waals surface area contributed by atoms with E-state index in [1.807, 2.05) is 85.8 Å². The zero-order chi connectivity index (χ0) is 23.9. The number of rotatable bonds is 10. The molecule has 0 amide bonds. The quantitative estimate of drug-likeness (QED) is 0.229. The highest BCUT2D eigenvalue weighted by molar-refractivity contribution is 14.1. The smallest absolute Gasteiger partial charge is 0.326 e. The minimum absolute atomic E-state index is 0.362. The summed E-state index contributed by atoms with van der Waals surface area (Å²) in [6, 6.07) is 24.3. The molecule has 7 heteroatoms. The molecule has 1 unspecified atom stereocenters. The van der Waals surface area contributed by atoms with E-state index in [0.29, 0.717) is 25.3 Å². The van der Waals surface area contributed by atoms with E-state index >= 15 is 0 Å². The lowest BCUT2D eigenvalue weighted by molar-refractivity contribution is -0.137. The van der Waals surface area contributed by atoms with Gasteiger partial charge in [0.2, 0.25) is 5.89 Å². The number of anilines is 1. The van der Waals surface area contributed by atoms with Crippen molar-refractivity contribution >= 4 is 34.2 Å². The molecule has 3 aromatic carbocycles. The Balaban J connectivity index is 1.32. The van der Waals surface area contributed by atoms with Crippen molar-refractivity contribution in [3.05, 3.63) is 99.5 Å². The zero-order valence-corrected chi connectivity index (χ0v) is 20.9. The number of aryl methyl sites for hydroxylation is 1. The number of oxazole rings is 1. The third-order valence-corrected chi connectivity index (χ3v) is 6.33. The first kappa shape index (κ1) is 23.8. The van der Waals surface area contributed by atoms with Gasteiger partial charge < -0.3 is 19.6 Å². The first-order chi connectivity index (χ1) is 16.5. The Kier molecular flexibility index (Phi) is 7.84. The molecule has 0 aliphatic carbocycles. The van der Waals surface area contributed by atoms with Gasteiger partial charge in [-0.05, 0) is 71.5 Å². The molecule has 4 rings (SSSR count). The van der Waals surface area contributed by atoms with Crippen molar-refractivity contribution in [2.75, 3.05) is 11.9 Å². The van der Waals surface area contributed by atoms with Gasteiger partial charge in [0, 0.05) is 27.7 Å². The Morgan fingerprint density at radius 2 is 1.76 bits per heavy atom. The number of ether oxygens (including phenoxy) is 1. The molecule has 0 fully saturated rings. The molecule has 0 aliphatic heterocycles. The fourth-order valence-corrected chi connectivity index (χ4v) is 4.10. The van der Waals surface area contributed by atoms with E-state index < -0.39 is 12.0 Å². The largest absolute Gasteiger partial charge is 0.493 e. The van der Waals surface area contributed by atoms with E-state index in [-0.39, 0.29) is 0 Å². The molecule has 1 atom stereocenters. The number of benzene rings is 3. The average molecular weight is 568 g/mol. The van der Waals surface area contributed by atoms with Gasteiger partial charge in [0.05, 0.1) is 12.3 Å². The van der Waals surface area contributed by atoms with E-state index in [4.69, 9.17) is 9.15 Å². The zero-order valence-electron chi connectivity index (χ0n) is 18.7. The van der Waals surface area contributed by atoms with Crippen LogP contribution < -0.4 is 10.1 Å². The normalized spacial score (nSPS) is 11.7. The molecule has 1 aromatic heterocycles. The topological polar surface area (TPSA) is 84.6 Å². The Labute approximate surface area is 212 Å². The highest BCUT2D eigenvalue weighted by atomic mass is 127. The summed E-state index contributed by atoms with van der Waals surface area (Å²) < 4.78 is 12.7. The summed E-state index contributed by atoms with van der Waals surface area (Å²) >= 11 is 2.19. The van der Waals surface area contributed by atoms with Gasteiger partial charge in [-0.2, -0.15) is 0 Å². The van der Waals surface area contributed by atoms with Gasteiger partial charge in [0.15, 0.2) is 0 Å². The summed E-state index contributed by atoms with van der Waals surface area (Å²) in [5.74, 6) is 1.24. The van der Waals surface area contributed by atoms with Gasteiger partial charge in [-0.1, -0.05) is 42.5 Å². The van der Waals surface area contributed by atoms with E-state index in [0.717, 1.165) is 37.6 Å². The van der Waals surface area contributed by atoms with Crippen molar-refractivity contribution in [3.63, 3.8) is 0 Å². The number of halogens is 1. The summed E-state index contributed by atoms with van der Waals surface area (Å²) in [6.07, 6.45) is 0.992. The number of carbonyl (C=O) groups is 1. The number of nitrogens with one attached hydrogen (secondary N) is 1. The maximum atomic E-state index is 11.8. The summed E-state index contributed by atoms with van der Waals surface area (Å²) in [5, 5.41) is 12.8. The monoisotopic (exact) mass is 568 g/mol. The lowest BCUT2D eigenvalue weighted by atomic mass is 10.1. The highest BCUT2D eigenvalue weighted by Crippen LogP contribution is 2.23. The van der Waals surface area contributed by atoms with Crippen molar-refractivity contribution in [1.82, 2.24) is 4.98 Å². The molecule has 0 radical (unpaired) electrons. The Morgan fingerprint density at radius 3 is 2.47 bits per heavy atom. The minimum atomic E-state index is -0.891. The van der Waals surface area contributed by atoms with Crippen molar-refractivity contribution in [2.45, 2.75) is 25.8 Å². The first-order valence-electron chi connectivity index (χ1n) is 11.0. The number of hydrogen-bond acceptors (Lipinski definition) is 5. The molecular formula is C27H25IN2O4. The fourth-order valence-electron chi connectivity index (χ4n) is 3.55. The average Bonchev–Trinajstić information content (AvgIpc) is 3.22. The number of nitrogens with zero attached hydrogens (tertiary/aromatic N) is 1. The van der Waals surface area contributed by atoms with Gasteiger partial charge in [-0.25, -0.2) is 9.78 Å². The molecule has 174 valence electrons. The fraction of sp³-hybridized carbons (Fsp3) is 0.185. The molecule has 0 aliphatic rings. The maximum Gasteiger partial charge on any atom is 0.326 e. The second-order valence-electron chi connectivity index (χ2n) is 7.85. The second-order valence-corrected chi connectivity index (χ2v) is 9.01. The van der Waals surface area contributed by atoms with E-state index in [1.165, 1.54) is 0 Å². The number of para-hydroxylation sites is 1. The van der Waals surface area contributed by atoms with Crippen LogP contribution in [0.5, 0.6) is 5.75 Å². The standard InChI is InChI=1S/C27H25IN2O4/c1-18-23(30-26(34-18)20-7-3-2-4-8-20)15-16-33-21-13-11-19(12-14-21)17-25(27(31)32)29-24-10-6-5-9-22(24)28/h2-14,25,29H,15-17H2,1H3,(H,31,32). The van der Waals surface area contributed by atoms with Gasteiger partial charge in [0.1, 0.15) is 17.6 Å². The summed E-state index contributed by atoms with van der Waals surface area (Å²) in [6.45, 7) is 2.37. The summed E-state index contributed by atoms with van der Waals surface area (Å²) in [4.78, 5) is 16.4. The minimum Gasteiger partial charge on any atom is -0.493 e. The number of aliphatic carboxylic acids is 1. The number of carboxylic acid groups (broad SMARTS) is 1. The van der Waals surface area contributed by atoms with Gasteiger partial charge >= 0.3 is 5.97 Å². The van der Waals surface area contributed by atoms with Gasteiger partial charge in [-0.3, -0.25) is 0 Å². The van der Waals surface area contributed by atoms with Crippen LogP contribution in [0.3, 0.4) is 0 Å². The lowest BCUT2D eigenvalue weighted by Crippen LogP contribution is -2.31. The molecule has 34 heavy (non-hydrogen) atoms. The lowest BCUT2D eigenvalue weighted by Gasteiger charge is -2.17. The Hall–Kier alpha value is -3.33. The van der Waals surface area contributed by atoms with Crippen LogP contribution in [0.4, 0.5) is 5.69 Å². The predicted octanol–water partition coefficient (Wildman–Crippen LogP) is 5.98. The summed E-state index contributed by atoms with van der Waals surface area (Å²) in [7, 11) is 0. The Morgan fingerprint density at radius 1 is 1.06 bits per heavy atom. The molecule has 0 saturated carbocycles. The van der Waals surface area contributed by atoms with E-state index in [1.54, 1.807) is 0 Å². The van der Waals surface area contributed by atoms with Crippen LogP contribution in [-0.2, 0) is 17.6 Å². The molecule has 2 N–H and O–H groups in total. The molecule has 6 nitrogen and oxygen atoms in total. The molecule has 0 saturated heterocycles. The number of hydrogen-bond donors (Lipinski definition) is 2. The van der Waals surface area contributed by atoms with Crippen LogP contribution in [-0.4, -0.2) is 28.7 Å². The van der Waals surface area contributed by atoms with Crippen LogP contribution in [0, 0.1) is 10.5 Å². The maximum absolute atomic E-state index is 11.8.